The lowest BCUT2D eigenvalue weighted by atomic mass is 10.4. The summed E-state index contributed by atoms with van der Waals surface area (Å²) in [5.74, 6) is 0. The first-order chi connectivity index (χ1) is 9.43. The molecule has 0 atom stereocenters. The summed E-state index contributed by atoms with van der Waals surface area (Å²) in [5, 5.41) is 0. The van der Waals surface area contributed by atoms with Crippen LogP contribution in [0.2, 0.25) is 0 Å². The van der Waals surface area contributed by atoms with Crippen LogP contribution in [0.15, 0.2) is 0 Å². The third-order valence-corrected chi connectivity index (χ3v) is 2.78. The fourth-order valence-electron chi connectivity index (χ4n) is 1.69. The lowest BCUT2D eigenvalue weighted by Gasteiger charge is -2.26. The van der Waals surface area contributed by atoms with Gasteiger partial charge < -0.3 is 23.7 Å². The maximum atomic E-state index is 10.0. The van der Waals surface area contributed by atoms with E-state index in [1.807, 2.05) is 0 Å². The van der Waals surface area contributed by atoms with Crippen molar-refractivity contribution in [2.45, 2.75) is 6.42 Å². The Morgan fingerprint density at radius 2 is 1.47 bits per heavy atom. The van der Waals surface area contributed by atoms with Crippen LogP contribution in [0.25, 0.3) is 0 Å². The van der Waals surface area contributed by atoms with Crippen molar-refractivity contribution < 1.29 is 23.7 Å². The van der Waals surface area contributed by atoms with Crippen molar-refractivity contribution in [3.63, 3.8) is 0 Å². The first kappa shape index (κ1) is 16.5. The van der Waals surface area contributed by atoms with Gasteiger partial charge in [-0.05, 0) is 0 Å². The van der Waals surface area contributed by atoms with Crippen LogP contribution in [0.3, 0.4) is 0 Å². The molecule has 0 aromatic carbocycles. The summed E-state index contributed by atoms with van der Waals surface area (Å²) >= 11 is 0. The molecule has 0 amide bonds. The largest absolute Gasteiger partial charge is 0.379 e. The predicted molar refractivity (Wildman–Crippen MR) is 70.4 cm³/mol. The van der Waals surface area contributed by atoms with Gasteiger partial charge in [-0.2, -0.15) is 0 Å². The van der Waals surface area contributed by atoms with E-state index in [-0.39, 0.29) is 0 Å². The quantitative estimate of drug-likeness (QED) is 0.368. The van der Waals surface area contributed by atoms with Crippen LogP contribution >= 0.6 is 0 Å². The monoisotopic (exact) mass is 275 g/mol. The summed E-state index contributed by atoms with van der Waals surface area (Å²) in [6.07, 6.45) is 1.30. The Morgan fingerprint density at radius 1 is 0.895 bits per heavy atom. The molecule has 0 N–H and O–H groups in total. The van der Waals surface area contributed by atoms with Gasteiger partial charge in [0.25, 0.3) is 0 Å². The maximum Gasteiger partial charge on any atom is 0.122 e. The second-order valence-corrected chi connectivity index (χ2v) is 4.25. The van der Waals surface area contributed by atoms with E-state index < -0.39 is 0 Å². The minimum atomic E-state index is 0.449. The van der Waals surface area contributed by atoms with E-state index in [1.54, 1.807) is 0 Å². The summed E-state index contributed by atoms with van der Waals surface area (Å²) in [5.41, 5.74) is 0. The number of aldehydes is 1. The summed E-state index contributed by atoms with van der Waals surface area (Å²) in [6, 6.07) is 0. The molecule has 1 rings (SSSR count). The molecule has 112 valence electrons. The molecule has 0 aromatic heterocycles. The Hall–Kier alpha value is -0.530. The number of hydrogen-bond donors (Lipinski definition) is 0. The third kappa shape index (κ3) is 9.98. The van der Waals surface area contributed by atoms with E-state index in [0.717, 1.165) is 45.7 Å². The molecule has 1 heterocycles. The molecular weight excluding hydrogens is 250 g/mol. The summed E-state index contributed by atoms with van der Waals surface area (Å²) < 4.78 is 21.3. The molecule has 1 fully saturated rings. The Morgan fingerprint density at radius 3 is 2.11 bits per heavy atom. The molecule has 1 aliphatic rings. The van der Waals surface area contributed by atoms with Gasteiger partial charge in [-0.15, -0.1) is 0 Å². The SMILES string of the molecule is O=CCCOCCOCCOCCN1CCOCC1. The van der Waals surface area contributed by atoms with Gasteiger partial charge in [0.05, 0.1) is 52.9 Å². The van der Waals surface area contributed by atoms with Crippen molar-refractivity contribution in [1.82, 2.24) is 4.90 Å². The van der Waals surface area contributed by atoms with Crippen molar-refractivity contribution in [3.05, 3.63) is 0 Å². The molecule has 0 saturated carbocycles. The Balaban J connectivity index is 1.72. The van der Waals surface area contributed by atoms with Crippen LogP contribution in [0.1, 0.15) is 6.42 Å². The number of nitrogens with zero attached hydrogens (tertiary/aromatic N) is 1. The predicted octanol–water partition coefficient (Wildman–Crippen LogP) is -0.0426. The number of carbonyl (C=O) groups excluding carboxylic acids is 1. The van der Waals surface area contributed by atoms with Crippen LogP contribution < -0.4 is 0 Å². The number of hydrogen-bond acceptors (Lipinski definition) is 6. The van der Waals surface area contributed by atoms with Crippen LogP contribution in [-0.4, -0.2) is 83.7 Å². The highest BCUT2D eigenvalue weighted by atomic mass is 16.5. The minimum Gasteiger partial charge on any atom is -0.379 e. The topological polar surface area (TPSA) is 57.2 Å². The Bertz CT molecular complexity index is 209. The van der Waals surface area contributed by atoms with Crippen molar-refractivity contribution in [2.75, 3.05) is 72.5 Å². The van der Waals surface area contributed by atoms with Crippen LogP contribution in [0.5, 0.6) is 0 Å². The van der Waals surface area contributed by atoms with E-state index in [1.165, 1.54) is 0 Å². The van der Waals surface area contributed by atoms with Crippen molar-refractivity contribution >= 4 is 6.29 Å². The molecule has 19 heavy (non-hydrogen) atoms. The van der Waals surface area contributed by atoms with Gasteiger partial charge in [-0.3, -0.25) is 4.90 Å². The zero-order valence-electron chi connectivity index (χ0n) is 11.6. The van der Waals surface area contributed by atoms with E-state index in [9.17, 15) is 4.79 Å². The van der Waals surface area contributed by atoms with Crippen molar-refractivity contribution in [3.8, 4) is 0 Å². The van der Waals surface area contributed by atoms with Crippen molar-refractivity contribution in [2.24, 2.45) is 0 Å². The molecular formula is C13H25NO5. The van der Waals surface area contributed by atoms with E-state index in [4.69, 9.17) is 18.9 Å². The lowest BCUT2D eigenvalue weighted by molar-refractivity contribution is -0.108. The summed E-state index contributed by atoms with van der Waals surface area (Å²) in [7, 11) is 0. The maximum absolute atomic E-state index is 10.0. The molecule has 0 unspecified atom stereocenters. The average Bonchev–Trinajstić information content (AvgIpc) is 2.46. The molecule has 1 saturated heterocycles. The first-order valence-corrected chi connectivity index (χ1v) is 6.90. The molecule has 6 nitrogen and oxygen atoms in total. The van der Waals surface area contributed by atoms with E-state index in [0.29, 0.717) is 39.5 Å². The van der Waals surface area contributed by atoms with Crippen LogP contribution in [0.4, 0.5) is 0 Å². The van der Waals surface area contributed by atoms with Gasteiger partial charge >= 0.3 is 0 Å². The normalized spacial score (nSPS) is 16.6. The number of carbonyl (C=O) groups is 1. The van der Waals surface area contributed by atoms with Gasteiger partial charge in [-0.25, -0.2) is 0 Å². The first-order valence-electron chi connectivity index (χ1n) is 6.90. The second kappa shape index (κ2) is 12.5. The molecule has 0 spiro atoms. The zero-order valence-corrected chi connectivity index (χ0v) is 11.6. The minimum absolute atomic E-state index is 0.449. The lowest BCUT2D eigenvalue weighted by Crippen LogP contribution is -2.38. The van der Waals surface area contributed by atoms with Crippen molar-refractivity contribution in [1.29, 1.82) is 0 Å². The summed E-state index contributed by atoms with van der Waals surface area (Å²) in [6.45, 7) is 8.09. The molecule has 6 heteroatoms. The van der Waals surface area contributed by atoms with Gasteiger partial charge in [-0.1, -0.05) is 0 Å². The smallest absolute Gasteiger partial charge is 0.122 e. The van der Waals surface area contributed by atoms with Crippen LogP contribution in [0, 0.1) is 0 Å². The van der Waals surface area contributed by atoms with Gasteiger partial charge in [0, 0.05) is 26.1 Å². The second-order valence-electron chi connectivity index (χ2n) is 4.25. The van der Waals surface area contributed by atoms with E-state index >= 15 is 0 Å². The standard InChI is InChI=1S/C13H25NO5/c15-5-1-6-16-10-12-19-13-11-18-9-4-14-2-7-17-8-3-14/h5H,1-4,6-13H2. The van der Waals surface area contributed by atoms with Gasteiger partial charge in [0.15, 0.2) is 0 Å². The fraction of sp³-hybridized carbons (Fsp3) is 0.923. The summed E-state index contributed by atoms with van der Waals surface area (Å²) in [4.78, 5) is 12.4. The highest BCUT2D eigenvalue weighted by Crippen LogP contribution is 1.95. The molecule has 0 aliphatic carbocycles. The Kier molecular flexibility index (Phi) is 10.9. The van der Waals surface area contributed by atoms with Crippen LogP contribution in [-0.2, 0) is 23.7 Å². The van der Waals surface area contributed by atoms with E-state index in [2.05, 4.69) is 4.90 Å². The third-order valence-electron chi connectivity index (χ3n) is 2.78. The fourth-order valence-corrected chi connectivity index (χ4v) is 1.69. The Labute approximate surface area is 114 Å². The molecule has 0 radical (unpaired) electrons. The number of morpholine rings is 1. The highest BCUT2D eigenvalue weighted by molar-refractivity contribution is 5.49. The van der Waals surface area contributed by atoms with Gasteiger partial charge in [0.1, 0.15) is 6.29 Å². The zero-order chi connectivity index (χ0) is 13.6. The highest BCUT2D eigenvalue weighted by Gasteiger charge is 2.08. The molecule has 0 bridgehead atoms. The average molecular weight is 275 g/mol. The molecule has 0 aromatic rings. The number of rotatable bonds is 12. The molecule has 1 aliphatic heterocycles. The number of ether oxygens (including phenoxy) is 4. The van der Waals surface area contributed by atoms with Gasteiger partial charge in [0.2, 0.25) is 0 Å².